The Bertz CT molecular complexity index is 955. The molecule has 0 unspecified atom stereocenters. The van der Waals surface area contributed by atoms with Crippen LogP contribution in [0.1, 0.15) is 194 Å². The number of ether oxygens (including phenoxy) is 3. The molecule has 304 valence electrons. The normalized spacial score (nSPS) is 23.5. The van der Waals surface area contributed by atoms with Crippen LogP contribution in [0, 0.1) is 0 Å². The van der Waals surface area contributed by atoms with Crippen LogP contribution in [0.2, 0.25) is 0 Å². The molecule has 0 radical (unpaired) electrons. The van der Waals surface area contributed by atoms with Gasteiger partial charge in [0.25, 0.3) is 0 Å². The summed E-state index contributed by atoms with van der Waals surface area (Å²) >= 11 is 0. The molecule has 0 aromatic carbocycles. The second kappa shape index (κ2) is 30.5. The first-order chi connectivity index (χ1) is 25.1. The van der Waals surface area contributed by atoms with Crippen LogP contribution in [-0.2, 0) is 23.8 Å². The van der Waals surface area contributed by atoms with E-state index in [1.165, 1.54) is 77.0 Å². The third-order valence-electron chi connectivity index (χ3n) is 9.86. The highest BCUT2D eigenvalue weighted by Gasteiger charge is 2.70. The van der Waals surface area contributed by atoms with Gasteiger partial charge in [0.15, 0.2) is 6.10 Å². The summed E-state index contributed by atoms with van der Waals surface area (Å²) in [5.41, 5.74) is 0. The van der Waals surface area contributed by atoms with Gasteiger partial charge in [-0.1, -0.05) is 141 Å². The number of rotatable bonds is 33. The quantitative estimate of drug-likeness (QED) is 0.0191. The molecule has 0 aromatic heterocycles. The van der Waals surface area contributed by atoms with Gasteiger partial charge in [-0.3, -0.25) is 9.59 Å². The minimum Gasteiger partial charge on any atom is -0.420 e. The summed E-state index contributed by atoms with van der Waals surface area (Å²) < 4.78 is 15.3. The molecule has 10 heteroatoms. The van der Waals surface area contributed by atoms with Gasteiger partial charge >= 0.3 is 23.7 Å². The van der Waals surface area contributed by atoms with Crippen LogP contribution >= 0.6 is 0 Å². The molecule has 0 aromatic rings. The number of aliphatic hydroxyl groups is 5. The molecule has 1 saturated heterocycles. The molecule has 1 aliphatic heterocycles. The zero-order chi connectivity index (χ0) is 38.3. The van der Waals surface area contributed by atoms with E-state index >= 15 is 0 Å². The summed E-state index contributed by atoms with van der Waals surface area (Å²) in [6.07, 6.45) is 31.1. The molecule has 0 aliphatic carbocycles. The number of allylic oxidation sites excluding steroid dienone is 4. The van der Waals surface area contributed by atoms with Crippen molar-refractivity contribution in [2.75, 3.05) is 6.61 Å². The van der Waals surface area contributed by atoms with Crippen molar-refractivity contribution in [1.29, 1.82) is 0 Å². The van der Waals surface area contributed by atoms with Crippen molar-refractivity contribution in [3.8, 4) is 0 Å². The fraction of sp³-hybridized carbons (Fsp3) is 0.857. The predicted molar refractivity (Wildman–Crippen MR) is 205 cm³/mol. The van der Waals surface area contributed by atoms with E-state index in [1.807, 2.05) is 0 Å². The second-order valence-electron chi connectivity index (χ2n) is 14.7. The topological polar surface area (TPSA) is 163 Å². The van der Waals surface area contributed by atoms with Crippen molar-refractivity contribution in [3.63, 3.8) is 0 Å². The van der Waals surface area contributed by atoms with E-state index in [9.17, 15) is 35.1 Å². The van der Waals surface area contributed by atoms with Crippen LogP contribution in [-0.4, -0.2) is 74.2 Å². The largest absolute Gasteiger partial charge is 0.420 e. The highest BCUT2D eigenvalue weighted by atomic mass is 16.9. The molecule has 1 fully saturated rings. The molecule has 10 nitrogen and oxygen atoms in total. The first-order valence-corrected chi connectivity index (χ1v) is 21.0. The number of aliphatic hydroxyl groups excluding tert-OH is 3. The molecule has 0 saturated carbocycles. The molecule has 5 N–H and O–H groups in total. The van der Waals surface area contributed by atoms with Crippen molar-refractivity contribution in [2.45, 2.75) is 224 Å². The second-order valence-corrected chi connectivity index (χ2v) is 14.7. The Balaban J connectivity index is 2.38. The van der Waals surface area contributed by atoms with Crippen LogP contribution in [0.4, 0.5) is 0 Å². The lowest BCUT2D eigenvalue weighted by Crippen LogP contribution is -2.75. The van der Waals surface area contributed by atoms with E-state index in [-0.39, 0.29) is 12.8 Å². The van der Waals surface area contributed by atoms with Crippen LogP contribution in [0.25, 0.3) is 0 Å². The van der Waals surface area contributed by atoms with Crippen molar-refractivity contribution in [2.24, 2.45) is 0 Å². The first kappa shape index (κ1) is 48.2. The van der Waals surface area contributed by atoms with Gasteiger partial charge < -0.3 is 39.7 Å². The maximum absolute atomic E-state index is 12.7. The average Bonchev–Trinajstić information content (AvgIpc) is 3.12. The Labute approximate surface area is 315 Å². The van der Waals surface area contributed by atoms with E-state index in [1.54, 1.807) is 0 Å². The Morgan fingerprint density at radius 1 is 0.558 bits per heavy atom. The number of carbonyl (C=O) groups excluding carboxylic acids is 2. The van der Waals surface area contributed by atoms with Crippen LogP contribution in [0.3, 0.4) is 0 Å². The lowest BCUT2D eigenvalue weighted by molar-refractivity contribution is -0.511. The van der Waals surface area contributed by atoms with E-state index in [0.29, 0.717) is 12.8 Å². The Morgan fingerprint density at radius 2 is 0.904 bits per heavy atom. The van der Waals surface area contributed by atoms with Gasteiger partial charge in [0.1, 0.15) is 12.2 Å². The molecule has 0 bridgehead atoms. The average molecular weight is 741 g/mol. The minimum absolute atomic E-state index is 0.120. The number of carbonyl (C=O) groups is 2. The zero-order valence-electron chi connectivity index (χ0n) is 32.8. The standard InChI is InChI=1S/C42H76O10/c1-3-5-7-9-11-13-15-17-19-21-23-25-27-29-31-33-37(44)51-41(48)40(47)39(46)36(35-43)50-42(41,49)52-38(45)34-32-30-28-26-24-22-20-18-16-14-12-10-8-6-4-2/h17-20,36,39-40,43,46-49H,3-16,21-35H2,1-2H3/b19-17+,20-18+/t36-,39+,40+,41-,42+/m1/s1. The highest BCUT2D eigenvalue weighted by Crippen LogP contribution is 2.39. The van der Waals surface area contributed by atoms with Crippen molar-refractivity contribution in [1.82, 2.24) is 0 Å². The SMILES string of the molecule is CCCCCCCC/C=C/CCCCCCCC(=O)O[C@@]1(O)O[C@H](CO)[C@H](O)[C@H](O)[C@@]1(O)OC(=O)CCCCCCC/C=C/CCCCCCCC. The fourth-order valence-electron chi connectivity index (χ4n) is 6.46. The highest BCUT2D eigenvalue weighted by molar-refractivity contribution is 5.71. The third kappa shape index (κ3) is 20.6. The fourth-order valence-corrected chi connectivity index (χ4v) is 6.46. The van der Waals surface area contributed by atoms with E-state index < -0.39 is 48.6 Å². The van der Waals surface area contributed by atoms with E-state index in [0.717, 1.165) is 77.0 Å². The Morgan fingerprint density at radius 3 is 1.29 bits per heavy atom. The molecule has 1 aliphatic rings. The van der Waals surface area contributed by atoms with Gasteiger partial charge in [0.2, 0.25) is 0 Å². The summed E-state index contributed by atoms with van der Waals surface area (Å²) in [6, 6.07) is 0. The van der Waals surface area contributed by atoms with Crippen molar-refractivity contribution in [3.05, 3.63) is 24.3 Å². The van der Waals surface area contributed by atoms with Gasteiger partial charge in [0.05, 0.1) is 6.61 Å². The van der Waals surface area contributed by atoms with Gasteiger partial charge in [-0.25, -0.2) is 0 Å². The summed E-state index contributed by atoms with van der Waals surface area (Å²) in [5.74, 6) is -8.57. The summed E-state index contributed by atoms with van der Waals surface area (Å²) in [6.45, 7) is 3.59. The molecular weight excluding hydrogens is 664 g/mol. The zero-order valence-corrected chi connectivity index (χ0v) is 32.8. The molecular formula is C42H76O10. The summed E-state index contributed by atoms with van der Waals surface area (Å²) in [7, 11) is 0. The molecule has 0 spiro atoms. The lowest BCUT2D eigenvalue weighted by Gasteiger charge is -2.49. The van der Waals surface area contributed by atoms with Crippen LogP contribution in [0.15, 0.2) is 24.3 Å². The van der Waals surface area contributed by atoms with Crippen molar-refractivity contribution >= 4 is 11.9 Å². The minimum atomic E-state index is -3.34. The Hall–Kier alpha value is -1.82. The maximum atomic E-state index is 12.7. The number of hydrogen-bond acceptors (Lipinski definition) is 10. The van der Waals surface area contributed by atoms with Crippen molar-refractivity contribution < 1.29 is 49.3 Å². The number of hydrogen-bond donors (Lipinski definition) is 5. The van der Waals surface area contributed by atoms with Gasteiger partial charge in [-0.15, -0.1) is 0 Å². The maximum Gasteiger partial charge on any atom is 0.399 e. The summed E-state index contributed by atoms with van der Waals surface area (Å²) in [5, 5.41) is 53.0. The van der Waals surface area contributed by atoms with Crippen LogP contribution < -0.4 is 0 Å². The smallest absolute Gasteiger partial charge is 0.399 e. The first-order valence-electron chi connectivity index (χ1n) is 21.0. The van der Waals surface area contributed by atoms with Crippen LogP contribution in [0.5, 0.6) is 0 Å². The molecule has 0 amide bonds. The molecule has 5 atom stereocenters. The number of unbranched alkanes of at least 4 members (excludes halogenated alkanes) is 22. The monoisotopic (exact) mass is 741 g/mol. The Kier molecular flexibility index (Phi) is 28.3. The number of esters is 2. The van der Waals surface area contributed by atoms with Gasteiger partial charge in [-0.05, 0) is 64.2 Å². The van der Waals surface area contributed by atoms with Gasteiger partial charge in [0, 0.05) is 12.8 Å². The predicted octanol–water partition coefficient (Wildman–Crippen LogP) is 8.60. The lowest BCUT2D eigenvalue weighted by atomic mass is 9.94. The van der Waals surface area contributed by atoms with E-state index in [2.05, 4.69) is 38.2 Å². The summed E-state index contributed by atoms with van der Waals surface area (Å²) in [4.78, 5) is 25.4. The third-order valence-corrected chi connectivity index (χ3v) is 9.86. The molecule has 1 heterocycles. The van der Waals surface area contributed by atoms with Gasteiger partial charge in [-0.2, -0.15) is 0 Å². The molecule has 52 heavy (non-hydrogen) atoms. The molecule has 1 rings (SSSR count). The van der Waals surface area contributed by atoms with E-state index in [4.69, 9.17) is 14.2 Å².